The minimum atomic E-state index is -3.45. The van der Waals surface area contributed by atoms with E-state index in [0.717, 1.165) is 0 Å². The molecule has 0 aliphatic heterocycles. The lowest BCUT2D eigenvalue weighted by Crippen LogP contribution is -2.04. The van der Waals surface area contributed by atoms with Gasteiger partial charge in [-0.2, -0.15) is 0 Å². The predicted molar refractivity (Wildman–Crippen MR) is 68.9 cm³/mol. The highest BCUT2D eigenvalue weighted by Crippen LogP contribution is 2.20. The lowest BCUT2D eigenvalue weighted by molar-refractivity contribution is 0.477. The fraction of sp³-hybridized carbons (Fsp3) is 0.167. The van der Waals surface area contributed by atoms with Gasteiger partial charge in [-0.05, 0) is 30.3 Å². The SMILES string of the molecule is NCc1ccc(CS(=O)(=O)c2cccc(Cl)c2)o1. The number of benzene rings is 1. The van der Waals surface area contributed by atoms with Crippen LogP contribution in [0.15, 0.2) is 45.7 Å². The monoisotopic (exact) mass is 285 g/mol. The van der Waals surface area contributed by atoms with Crippen molar-refractivity contribution >= 4 is 21.4 Å². The highest BCUT2D eigenvalue weighted by molar-refractivity contribution is 7.90. The molecule has 4 nitrogen and oxygen atoms in total. The van der Waals surface area contributed by atoms with Gasteiger partial charge in [-0.25, -0.2) is 8.42 Å². The van der Waals surface area contributed by atoms with Crippen LogP contribution in [-0.4, -0.2) is 8.42 Å². The van der Waals surface area contributed by atoms with Crippen LogP contribution >= 0.6 is 11.6 Å². The van der Waals surface area contributed by atoms with E-state index in [2.05, 4.69) is 0 Å². The summed E-state index contributed by atoms with van der Waals surface area (Å²) in [5.74, 6) is 0.731. The van der Waals surface area contributed by atoms with Crippen LogP contribution in [0.2, 0.25) is 5.02 Å². The van der Waals surface area contributed by atoms with Gasteiger partial charge in [0.1, 0.15) is 17.3 Å². The predicted octanol–water partition coefficient (Wildman–Crippen LogP) is 2.37. The highest BCUT2D eigenvalue weighted by Gasteiger charge is 2.17. The van der Waals surface area contributed by atoms with Crippen molar-refractivity contribution in [3.63, 3.8) is 0 Å². The van der Waals surface area contributed by atoms with Crippen LogP contribution in [-0.2, 0) is 22.1 Å². The minimum Gasteiger partial charge on any atom is -0.464 e. The molecule has 0 atom stereocenters. The first-order chi connectivity index (χ1) is 8.51. The summed E-state index contributed by atoms with van der Waals surface area (Å²) in [5, 5.41) is 0.387. The lowest BCUT2D eigenvalue weighted by atomic mass is 10.4. The molecule has 1 aromatic carbocycles. The Balaban J connectivity index is 2.27. The summed E-state index contributed by atoms with van der Waals surface area (Å²) in [4.78, 5) is 0.181. The first-order valence-electron chi connectivity index (χ1n) is 5.27. The van der Waals surface area contributed by atoms with Crippen molar-refractivity contribution in [2.75, 3.05) is 0 Å². The average Bonchev–Trinajstić information content (AvgIpc) is 2.76. The van der Waals surface area contributed by atoms with Gasteiger partial charge in [-0.3, -0.25) is 0 Å². The normalized spacial score (nSPS) is 11.7. The molecule has 0 fully saturated rings. The number of halogens is 1. The molecule has 0 saturated carbocycles. The molecule has 0 aliphatic rings. The number of furan rings is 1. The number of sulfone groups is 1. The molecule has 0 unspecified atom stereocenters. The molecular formula is C12H12ClNO3S. The molecule has 2 aromatic rings. The Morgan fingerprint density at radius 2 is 1.89 bits per heavy atom. The van der Waals surface area contributed by atoms with Crippen molar-refractivity contribution < 1.29 is 12.8 Å². The Morgan fingerprint density at radius 3 is 2.50 bits per heavy atom. The van der Waals surface area contributed by atoms with Gasteiger partial charge in [0.2, 0.25) is 0 Å². The van der Waals surface area contributed by atoms with Gasteiger partial charge < -0.3 is 10.2 Å². The standard InChI is InChI=1S/C12H12ClNO3S/c13-9-2-1-3-12(6-9)18(15,16)8-11-5-4-10(7-14)17-11/h1-6H,7-8,14H2. The second-order valence-electron chi connectivity index (χ2n) is 3.79. The maximum absolute atomic E-state index is 12.1. The van der Waals surface area contributed by atoms with Gasteiger partial charge in [0.25, 0.3) is 0 Å². The second kappa shape index (κ2) is 5.14. The maximum Gasteiger partial charge on any atom is 0.185 e. The molecule has 2 rings (SSSR count). The summed E-state index contributed by atoms with van der Waals surface area (Å²) in [6.07, 6.45) is 0. The van der Waals surface area contributed by atoms with Crippen molar-refractivity contribution in [3.8, 4) is 0 Å². The van der Waals surface area contributed by atoms with E-state index in [4.69, 9.17) is 21.8 Å². The van der Waals surface area contributed by atoms with Crippen molar-refractivity contribution in [1.82, 2.24) is 0 Å². The first-order valence-corrected chi connectivity index (χ1v) is 7.30. The van der Waals surface area contributed by atoms with Gasteiger partial charge >= 0.3 is 0 Å². The summed E-state index contributed by atoms with van der Waals surface area (Å²) < 4.78 is 29.5. The zero-order valence-corrected chi connectivity index (χ0v) is 11.0. The number of rotatable bonds is 4. The third-order valence-electron chi connectivity index (χ3n) is 2.41. The van der Waals surface area contributed by atoms with Gasteiger partial charge in [0.15, 0.2) is 9.84 Å². The highest BCUT2D eigenvalue weighted by atomic mass is 35.5. The third-order valence-corrected chi connectivity index (χ3v) is 4.28. The van der Waals surface area contributed by atoms with Crippen LogP contribution in [0.25, 0.3) is 0 Å². The van der Waals surface area contributed by atoms with E-state index in [1.807, 2.05) is 0 Å². The van der Waals surface area contributed by atoms with Gasteiger partial charge in [0, 0.05) is 5.02 Å². The van der Waals surface area contributed by atoms with Crippen molar-refractivity contribution in [3.05, 3.63) is 52.9 Å². The van der Waals surface area contributed by atoms with E-state index in [0.29, 0.717) is 16.5 Å². The van der Waals surface area contributed by atoms with Crippen LogP contribution in [0.3, 0.4) is 0 Å². The summed E-state index contributed by atoms with van der Waals surface area (Å²) in [7, 11) is -3.45. The van der Waals surface area contributed by atoms with E-state index in [-0.39, 0.29) is 17.2 Å². The number of hydrogen-bond donors (Lipinski definition) is 1. The summed E-state index contributed by atoms with van der Waals surface area (Å²) >= 11 is 5.78. The zero-order valence-electron chi connectivity index (χ0n) is 9.47. The molecule has 1 aromatic heterocycles. The Morgan fingerprint density at radius 1 is 1.17 bits per heavy atom. The molecule has 0 aliphatic carbocycles. The zero-order chi connectivity index (χ0) is 13.2. The van der Waals surface area contributed by atoms with E-state index < -0.39 is 9.84 Å². The minimum absolute atomic E-state index is 0.181. The molecular weight excluding hydrogens is 274 g/mol. The maximum atomic E-state index is 12.1. The van der Waals surface area contributed by atoms with Gasteiger partial charge in [0.05, 0.1) is 11.4 Å². The third kappa shape index (κ3) is 2.93. The largest absolute Gasteiger partial charge is 0.464 e. The lowest BCUT2D eigenvalue weighted by Gasteiger charge is -2.02. The topological polar surface area (TPSA) is 73.3 Å². The molecule has 2 N–H and O–H groups in total. The Bertz CT molecular complexity index is 649. The van der Waals surface area contributed by atoms with E-state index in [9.17, 15) is 8.42 Å². The molecule has 6 heteroatoms. The summed E-state index contributed by atoms with van der Waals surface area (Å²) in [5.41, 5.74) is 5.40. The van der Waals surface area contributed by atoms with Gasteiger partial charge in [-0.15, -0.1) is 0 Å². The van der Waals surface area contributed by atoms with E-state index >= 15 is 0 Å². The van der Waals surface area contributed by atoms with Crippen LogP contribution in [0, 0.1) is 0 Å². The van der Waals surface area contributed by atoms with Gasteiger partial charge in [-0.1, -0.05) is 17.7 Å². The average molecular weight is 286 g/mol. The molecule has 0 amide bonds. The van der Waals surface area contributed by atoms with Crippen LogP contribution in [0.1, 0.15) is 11.5 Å². The molecule has 0 spiro atoms. The number of nitrogens with two attached hydrogens (primary N) is 1. The second-order valence-corrected chi connectivity index (χ2v) is 6.21. The molecule has 0 saturated heterocycles. The molecule has 96 valence electrons. The first kappa shape index (κ1) is 13.1. The van der Waals surface area contributed by atoms with Crippen LogP contribution in [0.4, 0.5) is 0 Å². The molecule has 18 heavy (non-hydrogen) atoms. The van der Waals surface area contributed by atoms with Crippen LogP contribution < -0.4 is 5.73 Å². The molecule has 0 bridgehead atoms. The summed E-state index contributed by atoms with van der Waals surface area (Å²) in [6, 6.07) is 9.44. The van der Waals surface area contributed by atoms with E-state index in [1.54, 1.807) is 24.3 Å². The fourth-order valence-electron chi connectivity index (χ4n) is 1.54. The molecule has 1 heterocycles. The number of hydrogen-bond acceptors (Lipinski definition) is 4. The molecule has 0 radical (unpaired) electrons. The van der Waals surface area contributed by atoms with E-state index in [1.165, 1.54) is 12.1 Å². The van der Waals surface area contributed by atoms with Crippen molar-refractivity contribution in [2.24, 2.45) is 5.73 Å². The Hall–Kier alpha value is -1.30. The van der Waals surface area contributed by atoms with Crippen LogP contribution in [0.5, 0.6) is 0 Å². The quantitative estimate of drug-likeness (QED) is 0.936. The van der Waals surface area contributed by atoms with Crippen molar-refractivity contribution in [1.29, 1.82) is 0 Å². The fourth-order valence-corrected chi connectivity index (χ4v) is 3.08. The van der Waals surface area contributed by atoms with Crippen molar-refractivity contribution in [2.45, 2.75) is 17.2 Å². The smallest absolute Gasteiger partial charge is 0.185 e. The Kier molecular flexibility index (Phi) is 3.75. The Labute approximate surface area is 110 Å². The summed E-state index contributed by atoms with van der Waals surface area (Å²) in [6.45, 7) is 0.247.